The number of carbonyl (C=O) groups excluding carboxylic acids is 1. The second-order valence-electron chi connectivity index (χ2n) is 3.51. The molecule has 0 saturated carbocycles. The molecule has 1 atom stereocenters. The predicted octanol–water partition coefficient (Wildman–Crippen LogP) is 2.28. The van der Waals surface area contributed by atoms with Crippen LogP contribution in [0.3, 0.4) is 0 Å². The van der Waals surface area contributed by atoms with Crippen molar-refractivity contribution in [1.29, 1.82) is 0 Å². The van der Waals surface area contributed by atoms with Crippen molar-refractivity contribution in [2.45, 2.75) is 44.3 Å². The molecule has 0 fully saturated rings. The molecule has 0 aromatic rings. The summed E-state index contributed by atoms with van der Waals surface area (Å²) in [5.74, 6) is 1.56. The Morgan fingerprint density at radius 3 is 3.08 bits per heavy atom. The average Bonchev–Trinajstić information content (AvgIpc) is 2.15. The second-order valence-corrected chi connectivity index (χ2v) is 4.95. The molecular formula is C11H19OS+. The molecule has 74 valence electrons. The maximum Gasteiger partial charge on any atom is 0.207 e. The number of hydrogen-bond donors (Lipinski definition) is 0. The van der Waals surface area contributed by atoms with Gasteiger partial charge in [0.25, 0.3) is 0 Å². The molecule has 1 rings (SSSR count). The zero-order valence-electron chi connectivity index (χ0n) is 8.33. The first kappa shape index (κ1) is 10.8. The molecule has 1 unspecified atom stereocenters. The van der Waals surface area contributed by atoms with Gasteiger partial charge < -0.3 is 0 Å². The highest BCUT2D eigenvalue weighted by Gasteiger charge is 2.24. The number of carbonyl (C=O) groups is 1. The summed E-state index contributed by atoms with van der Waals surface area (Å²) < 4.78 is 0. The maximum absolute atomic E-state index is 11.4. The normalized spacial score (nSPS) is 22.2. The van der Waals surface area contributed by atoms with Crippen LogP contribution in [0, 0.1) is 0 Å². The lowest BCUT2D eigenvalue weighted by molar-refractivity contribution is -0.114. The fourth-order valence-corrected chi connectivity index (χ4v) is 2.81. The van der Waals surface area contributed by atoms with E-state index in [9.17, 15) is 4.79 Å². The van der Waals surface area contributed by atoms with Crippen LogP contribution >= 0.6 is 0 Å². The van der Waals surface area contributed by atoms with Crippen molar-refractivity contribution in [2.75, 3.05) is 5.75 Å². The minimum atomic E-state index is 0.321. The van der Waals surface area contributed by atoms with Crippen LogP contribution in [-0.4, -0.2) is 16.8 Å². The molecule has 13 heavy (non-hydrogen) atoms. The van der Waals surface area contributed by atoms with Crippen LogP contribution < -0.4 is 0 Å². The number of unbranched alkanes of at least 4 members (excludes halogenated alkanes) is 2. The van der Waals surface area contributed by atoms with Gasteiger partial charge in [-0.05, 0) is 37.1 Å². The van der Waals surface area contributed by atoms with Crippen molar-refractivity contribution >= 4 is 17.5 Å². The molecule has 0 saturated heterocycles. The molecule has 2 heteroatoms. The average molecular weight is 199 g/mol. The Labute approximate surface area is 85.0 Å². The predicted molar refractivity (Wildman–Crippen MR) is 60.3 cm³/mol. The van der Waals surface area contributed by atoms with Crippen molar-refractivity contribution in [3.63, 3.8) is 0 Å². The number of thiol groups is 1. The Kier molecular flexibility index (Phi) is 5.21. The van der Waals surface area contributed by atoms with E-state index in [1.54, 1.807) is 6.08 Å². The highest BCUT2D eigenvalue weighted by Crippen LogP contribution is 2.12. The minimum absolute atomic E-state index is 0.321. The van der Waals surface area contributed by atoms with Crippen molar-refractivity contribution < 1.29 is 4.79 Å². The Bertz CT molecular complexity index is 187. The highest BCUT2D eigenvalue weighted by atomic mass is 32.2. The summed E-state index contributed by atoms with van der Waals surface area (Å²) in [7, 11) is 0. The van der Waals surface area contributed by atoms with Gasteiger partial charge in [-0.3, -0.25) is 4.79 Å². The number of ketones is 1. The summed E-state index contributed by atoms with van der Waals surface area (Å²) in [6.07, 6.45) is 9.80. The van der Waals surface area contributed by atoms with E-state index in [0.29, 0.717) is 11.0 Å². The zero-order chi connectivity index (χ0) is 9.52. The molecule has 0 amide bonds. The molecule has 0 bridgehead atoms. The fourth-order valence-electron chi connectivity index (χ4n) is 1.50. The van der Waals surface area contributed by atoms with E-state index in [-0.39, 0.29) is 0 Å². The third-order valence-corrected chi connectivity index (χ3v) is 3.86. The van der Waals surface area contributed by atoms with Gasteiger partial charge in [-0.15, -0.1) is 0 Å². The molecule has 0 heterocycles. The summed E-state index contributed by atoms with van der Waals surface area (Å²) in [6, 6.07) is 0. The lowest BCUT2D eigenvalue weighted by Crippen LogP contribution is -2.24. The van der Waals surface area contributed by atoms with Crippen LogP contribution in [0.2, 0.25) is 0 Å². The third-order valence-electron chi connectivity index (χ3n) is 2.33. The van der Waals surface area contributed by atoms with E-state index in [1.807, 2.05) is 6.08 Å². The number of rotatable bonds is 5. The SMILES string of the molecule is CCCCC[SH+]C1CCC=CC1=O. The Balaban J connectivity index is 2.13. The maximum atomic E-state index is 11.4. The van der Waals surface area contributed by atoms with Crippen molar-refractivity contribution in [3.8, 4) is 0 Å². The minimum Gasteiger partial charge on any atom is -0.289 e. The van der Waals surface area contributed by atoms with Gasteiger partial charge in [-0.25, -0.2) is 0 Å². The number of hydrogen-bond acceptors (Lipinski definition) is 1. The second kappa shape index (κ2) is 6.25. The molecule has 1 nitrogen and oxygen atoms in total. The summed E-state index contributed by atoms with van der Waals surface area (Å²) >= 11 is 1.36. The van der Waals surface area contributed by atoms with Crippen molar-refractivity contribution in [1.82, 2.24) is 0 Å². The van der Waals surface area contributed by atoms with Gasteiger partial charge in [-0.1, -0.05) is 19.4 Å². The first-order chi connectivity index (χ1) is 6.34. The van der Waals surface area contributed by atoms with E-state index in [1.165, 1.54) is 36.8 Å². The monoisotopic (exact) mass is 199 g/mol. The van der Waals surface area contributed by atoms with E-state index >= 15 is 0 Å². The first-order valence-corrected chi connectivity index (χ1v) is 6.36. The molecule has 0 N–H and O–H groups in total. The highest BCUT2D eigenvalue weighted by molar-refractivity contribution is 7.80. The molecule has 0 aromatic carbocycles. The summed E-state index contributed by atoms with van der Waals surface area (Å²) in [6.45, 7) is 2.21. The summed E-state index contributed by atoms with van der Waals surface area (Å²) in [5.41, 5.74) is 0. The van der Waals surface area contributed by atoms with E-state index in [2.05, 4.69) is 6.92 Å². The number of allylic oxidation sites excluding steroid dienone is 2. The topological polar surface area (TPSA) is 17.1 Å². The largest absolute Gasteiger partial charge is 0.289 e. The molecule has 0 aliphatic heterocycles. The van der Waals surface area contributed by atoms with Crippen molar-refractivity contribution in [2.24, 2.45) is 0 Å². The summed E-state index contributed by atoms with van der Waals surface area (Å²) in [4.78, 5) is 11.4. The fraction of sp³-hybridized carbons (Fsp3) is 0.727. The molecule has 0 radical (unpaired) electrons. The van der Waals surface area contributed by atoms with Crippen LogP contribution in [0.1, 0.15) is 39.0 Å². The van der Waals surface area contributed by atoms with Crippen LogP contribution in [0.15, 0.2) is 12.2 Å². The standard InChI is InChI=1S/C11H18OS/c1-2-3-6-9-13-11-8-5-4-7-10(11)12/h4,7,11H,2-3,5-6,8-9H2,1H3/p+1. The van der Waals surface area contributed by atoms with Gasteiger partial charge in [0.05, 0.1) is 0 Å². The van der Waals surface area contributed by atoms with Gasteiger partial charge in [0.15, 0.2) is 5.25 Å². The van der Waals surface area contributed by atoms with Crippen LogP contribution in [0.5, 0.6) is 0 Å². The van der Waals surface area contributed by atoms with Gasteiger partial charge >= 0.3 is 0 Å². The zero-order valence-corrected chi connectivity index (χ0v) is 9.22. The van der Waals surface area contributed by atoms with Crippen LogP contribution in [0.25, 0.3) is 0 Å². The van der Waals surface area contributed by atoms with Crippen molar-refractivity contribution in [3.05, 3.63) is 12.2 Å². The molecule has 0 spiro atoms. The van der Waals surface area contributed by atoms with E-state index < -0.39 is 0 Å². The van der Waals surface area contributed by atoms with Gasteiger partial charge in [-0.2, -0.15) is 0 Å². The molecule has 0 aromatic heterocycles. The van der Waals surface area contributed by atoms with E-state index in [0.717, 1.165) is 12.8 Å². The first-order valence-electron chi connectivity index (χ1n) is 5.21. The molecular weight excluding hydrogens is 180 g/mol. The summed E-state index contributed by atoms with van der Waals surface area (Å²) in [5, 5.41) is 0.321. The van der Waals surface area contributed by atoms with Gasteiger partial charge in [0, 0.05) is 6.42 Å². The Hall–Kier alpha value is -0.240. The lowest BCUT2D eigenvalue weighted by Gasteiger charge is -2.08. The molecule has 1 aliphatic carbocycles. The smallest absolute Gasteiger partial charge is 0.207 e. The third kappa shape index (κ3) is 3.99. The van der Waals surface area contributed by atoms with Gasteiger partial charge in [0.2, 0.25) is 5.78 Å². The quantitative estimate of drug-likeness (QED) is 0.377. The Morgan fingerprint density at radius 2 is 2.38 bits per heavy atom. The Morgan fingerprint density at radius 1 is 1.54 bits per heavy atom. The van der Waals surface area contributed by atoms with E-state index in [4.69, 9.17) is 0 Å². The molecule has 1 aliphatic rings. The van der Waals surface area contributed by atoms with Crippen LogP contribution in [-0.2, 0) is 16.6 Å². The lowest BCUT2D eigenvalue weighted by atomic mass is 10.1. The van der Waals surface area contributed by atoms with Gasteiger partial charge in [0.1, 0.15) is 5.75 Å². The van der Waals surface area contributed by atoms with Crippen LogP contribution in [0.4, 0.5) is 0 Å².